The first kappa shape index (κ1) is 17.6. The molecule has 0 radical (unpaired) electrons. The molecule has 12 heteroatoms. The van der Waals surface area contributed by atoms with Gasteiger partial charge in [-0.25, -0.2) is 23.2 Å². The monoisotopic (exact) mass is 333 g/mol. The maximum absolute atomic E-state index is 10.9. The van der Waals surface area contributed by atoms with Crippen molar-refractivity contribution in [2.75, 3.05) is 0 Å². The maximum atomic E-state index is 10.9. The summed E-state index contributed by atoms with van der Waals surface area (Å²) in [5, 5.41) is 22.0. The molecule has 0 aliphatic rings. The van der Waals surface area contributed by atoms with Crippen molar-refractivity contribution in [1.29, 1.82) is 0 Å². The van der Waals surface area contributed by atoms with Gasteiger partial charge in [0.25, 0.3) is 11.4 Å². The topological polar surface area (TPSA) is 182 Å². The van der Waals surface area contributed by atoms with E-state index in [1.807, 2.05) is 0 Å². The predicted molar refractivity (Wildman–Crippen MR) is 58.4 cm³/mol. The number of pyridine rings is 1. The normalized spacial score (nSPS) is 10.8. The molecule has 0 bridgehead atoms. The quantitative estimate of drug-likeness (QED) is 0.311. The summed E-state index contributed by atoms with van der Waals surface area (Å²) in [6.07, 6.45) is 1.68. The lowest BCUT2D eigenvalue weighted by molar-refractivity contribution is -2.00. The lowest BCUT2D eigenvalue weighted by Gasteiger charge is -2.17. The molecular weight excluding hydrogens is 326 g/mol. The van der Waals surface area contributed by atoms with Crippen LogP contribution in [0.2, 0.25) is 0 Å². The Morgan fingerprint density at radius 3 is 2.05 bits per heavy atom. The van der Waals surface area contributed by atoms with E-state index in [1.54, 1.807) is 29.9 Å². The number of halogens is 1. The van der Waals surface area contributed by atoms with Crippen molar-refractivity contribution in [3.63, 3.8) is 0 Å². The fourth-order valence-corrected chi connectivity index (χ4v) is 1.68. The average molecular weight is 334 g/mol. The Balaban J connectivity index is 0.000000422. The number of nitro benzene ring substituents is 2. The maximum Gasteiger partial charge on any atom is 0.290 e. The molecule has 2 aromatic rings. The van der Waals surface area contributed by atoms with Gasteiger partial charge in [-0.1, -0.05) is 0 Å². The fraction of sp³-hybridized carbons (Fsp3) is 0.100. The van der Waals surface area contributed by atoms with Crippen molar-refractivity contribution in [3.8, 4) is 0 Å². The van der Waals surface area contributed by atoms with E-state index in [9.17, 15) is 20.2 Å². The van der Waals surface area contributed by atoms with E-state index < -0.39 is 20.1 Å². The van der Waals surface area contributed by atoms with E-state index in [0.29, 0.717) is 10.9 Å². The number of nitrogens with zero attached hydrogens (tertiary/aromatic N) is 3. The molecule has 118 valence electrons. The summed E-state index contributed by atoms with van der Waals surface area (Å²) in [6, 6.07) is 5.52. The van der Waals surface area contributed by atoms with Gasteiger partial charge in [0.15, 0.2) is 6.20 Å². The molecule has 1 aromatic heterocycles. The van der Waals surface area contributed by atoms with Gasteiger partial charge in [-0.15, -0.1) is 10.2 Å². The van der Waals surface area contributed by atoms with Crippen molar-refractivity contribution >= 4 is 22.3 Å². The lowest BCUT2D eigenvalue weighted by Crippen LogP contribution is -2.68. The number of hydrogen-bond acceptors (Lipinski definition) is 8. The number of hydrogen-bond donors (Lipinski definition) is 0. The van der Waals surface area contributed by atoms with Gasteiger partial charge in [-0.3, -0.25) is 20.2 Å². The van der Waals surface area contributed by atoms with Crippen LogP contribution < -0.4 is 23.2 Å². The minimum Gasteiger partial charge on any atom is -0.258 e. The molecule has 0 saturated carbocycles. The van der Waals surface area contributed by atoms with E-state index in [1.165, 1.54) is 6.07 Å². The molecule has 22 heavy (non-hydrogen) atoms. The molecule has 1 heterocycles. The predicted octanol–water partition coefficient (Wildman–Crippen LogP) is -3.28. The molecule has 0 spiro atoms. The zero-order chi connectivity index (χ0) is 17.1. The fourth-order valence-electron chi connectivity index (χ4n) is 1.68. The number of aromatic nitrogens is 1. The third-order valence-electron chi connectivity index (χ3n) is 2.48. The number of benzene rings is 1. The van der Waals surface area contributed by atoms with E-state index in [0.717, 1.165) is 6.07 Å². The second kappa shape index (κ2) is 6.55. The SMILES string of the molecule is C[n+]1cccc2c([N+](=O)[O-])cc([N+](=O)[O-])cc21.[O-][Cl+3]([O-])([O-])[O-]. The number of non-ortho nitro benzene ring substituents is 2. The summed E-state index contributed by atoms with van der Waals surface area (Å²) < 4.78 is 35.6. The van der Waals surface area contributed by atoms with Crippen LogP contribution >= 0.6 is 0 Å². The van der Waals surface area contributed by atoms with Crippen molar-refractivity contribution < 1.29 is 43.3 Å². The molecular formula is C10H8ClN3O8. The van der Waals surface area contributed by atoms with Crippen LogP contribution in [-0.4, -0.2) is 9.85 Å². The summed E-state index contributed by atoms with van der Waals surface area (Å²) in [6.45, 7) is 0. The van der Waals surface area contributed by atoms with E-state index >= 15 is 0 Å². The first-order chi connectivity index (χ1) is 10.0. The number of rotatable bonds is 2. The molecule has 0 saturated heterocycles. The first-order valence-electron chi connectivity index (χ1n) is 5.33. The molecule has 0 aliphatic carbocycles. The Bertz CT molecular complexity index is 724. The summed E-state index contributed by atoms with van der Waals surface area (Å²) in [5.74, 6) is 0. The third kappa shape index (κ3) is 4.83. The van der Waals surface area contributed by atoms with Crippen LogP contribution in [0.3, 0.4) is 0 Å². The zero-order valence-electron chi connectivity index (χ0n) is 10.9. The van der Waals surface area contributed by atoms with Crippen LogP contribution in [-0.2, 0) is 7.05 Å². The van der Waals surface area contributed by atoms with Gasteiger partial charge >= 0.3 is 0 Å². The highest BCUT2D eigenvalue weighted by molar-refractivity contribution is 5.87. The smallest absolute Gasteiger partial charge is 0.258 e. The van der Waals surface area contributed by atoms with Crippen molar-refractivity contribution in [3.05, 3.63) is 50.7 Å². The Hall–Kier alpha value is -2.44. The van der Waals surface area contributed by atoms with Gasteiger partial charge in [0.1, 0.15) is 12.4 Å². The molecule has 0 unspecified atom stereocenters. The highest BCUT2D eigenvalue weighted by Crippen LogP contribution is 2.28. The largest absolute Gasteiger partial charge is 0.290 e. The second-order valence-electron chi connectivity index (χ2n) is 3.91. The minimum absolute atomic E-state index is 0.259. The minimum atomic E-state index is -4.94. The van der Waals surface area contributed by atoms with Gasteiger partial charge in [0, 0.05) is 6.07 Å². The van der Waals surface area contributed by atoms with Crippen LogP contribution in [0.5, 0.6) is 0 Å². The molecule has 1 aromatic carbocycles. The Labute approximate surface area is 124 Å². The van der Waals surface area contributed by atoms with Gasteiger partial charge in [0.05, 0.1) is 22.0 Å². The van der Waals surface area contributed by atoms with Crippen LogP contribution in [0.15, 0.2) is 30.5 Å². The summed E-state index contributed by atoms with van der Waals surface area (Å²) in [7, 11) is -3.27. The summed E-state index contributed by atoms with van der Waals surface area (Å²) in [5.41, 5.74) is -0.0928. The van der Waals surface area contributed by atoms with E-state index in [4.69, 9.17) is 18.6 Å². The van der Waals surface area contributed by atoms with Crippen LogP contribution in [0, 0.1) is 30.5 Å². The Morgan fingerprint density at radius 2 is 1.59 bits per heavy atom. The third-order valence-corrected chi connectivity index (χ3v) is 2.48. The molecule has 0 N–H and O–H groups in total. The molecule has 11 nitrogen and oxygen atoms in total. The van der Waals surface area contributed by atoms with Gasteiger partial charge in [-0.05, 0) is 6.07 Å². The first-order valence-corrected chi connectivity index (χ1v) is 6.57. The van der Waals surface area contributed by atoms with Crippen LogP contribution in [0.1, 0.15) is 0 Å². The van der Waals surface area contributed by atoms with Crippen molar-refractivity contribution in [1.82, 2.24) is 0 Å². The van der Waals surface area contributed by atoms with Crippen molar-refractivity contribution in [2.45, 2.75) is 0 Å². The standard InChI is InChI=1S/C10H8N3O4.ClHO4/c1-11-4-2-3-8-9(11)5-7(12(14)15)6-10(8)13(16)17;2-1(3,4)5/h2-6H,1H3;(H,2,3,4,5)/q+1;/p-1. The Morgan fingerprint density at radius 1 is 1.05 bits per heavy atom. The van der Waals surface area contributed by atoms with E-state index in [2.05, 4.69) is 0 Å². The number of aryl methyl sites for hydroxylation is 1. The van der Waals surface area contributed by atoms with Crippen LogP contribution in [0.25, 0.3) is 10.9 Å². The number of nitro groups is 2. The zero-order valence-corrected chi connectivity index (χ0v) is 11.6. The van der Waals surface area contributed by atoms with Crippen LogP contribution in [0.4, 0.5) is 11.4 Å². The number of fused-ring (bicyclic) bond motifs is 1. The Kier molecular flexibility index (Phi) is 5.24. The van der Waals surface area contributed by atoms with Gasteiger partial charge in [-0.2, -0.15) is 0 Å². The van der Waals surface area contributed by atoms with Crippen molar-refractivity contribution in [2.24, 2.45) is 7.05 Å². The molecule has 2 rings (SSSR count). The van der Waals surface area contributed by atoms with Gasteiger partial charge in [0.2, 0.25) is 5.52 Å². The lowest BCUT2D eigenvalue weighted by atomic mass is 10.1. The second-order valence-corrected chi connectivity index (χ2v) is 4.66. The molecule has 0 aliphatic heterocycles. The highest BCUT2D eigenvalue weighted by Gasteiger charge is 2.23. The summed E-state index contributed by atoms with van der Waals surface area (Å²) in [4.78, 5) is 20.3. The highest BCUT2D eigenvalue weighted by atomic mass is 35.7. The molecule has 0 amide bonds. The average Bonchev–Trinajstić information content (AvgIpc) is 2.35. The van der Waals surface area contributed by atoms with E-state index in [-0.39, 0.29) is 11.4 Å². The molecule has 0 fully saturated rings. The summed E-state index contributed by atoms with van der Waals surface area (Å²) >= 11 is 0. The van der Waals surface area contributed by atoms with Gasteiger partial charge < -0.3 is 0 Å². The molecule has 0 atom stereocenters.